The zero-order chi connectivity index (χ0) is 12.0. The van der Waals surface area contributed by atoms with Crippen LogP contribution in [0.25, 0.3) is 10.9 Å². The van der Waals surface area contributed by atoms with Gasteiger partial charge in [-0.25, -0.2) is 0 Å². The molecule has 0 aliphatic heterocycles. The van der Waals surface area contributed by atoms with E-state index in [0.717, 1.165) is 30.2 Å². The molecule has 0 saturated heterocycles. The molecule has 2 aromatic rings. The standard InChI is InChI=1S/C13H12F3N/c14-13(15,16)17-11-7-3-1-5-9(11)10-6-2-4-8-12(10)17/h1,3,5,7H,2,4,6,8H2. The first-order valence-corrected chi connectivity index (χ1v) is 5.77. The van der Waals surface area contributed by atoms with Crippen LogP contribution >= 0.6 is 0 Å². The van der Waals surface area contributed by atoms with Crippen LogP contribution in [-0.4, -0.2) is 4.57 Å². The monoisotopic (exact) mass is 239 g/mol. The number of hydrogen-bond donors (Lipinski definition) is 0. The Bertz CT molecular complexity index is 566. The third kappa shape index (κ3) is 1.54. The number of halogens is 3. The van der Waals surface area contributed by atoms with Crippen LogP contribution in [0.5, 0.6) is 0 Å². The normalized spacial score (nSPS) is 16.2. The minimum Gasteiger partial charge on any atom is -0.256 e. The second-order valence-electron chi connectivity index (χ2n) is 4.45. The number of aromatic nitrogens is 1. The zero-order valence-electron chi connectivity index (χ0n) is 9.22. The summed E-state index contributed by atoms with van der Waals surface area (Å²) in [5, 5.41) is 0.763. The first-order chi connectivity index (χ1) is 8.09. The first-order valence-electron chi connectivity index (χ1n) is 5.77. The average molecular weight is 239 g/mol. The highest BCUT2D eigenvalue weighted by molar-refractivity contribution is 5.86. The molecule has 1 nitrogen and oxygen atoms in total. The Morgan fingerprint density at radius 2 is 1.71 bits per heavy atom. The van der Waals surface area contributed by atoms with Crippen LogP contribution < -0.4 is 0 Å². The second kappa shape index (κ2) is 3.52. The molecule has 1 aliphatic carbocycles. The van der Waals surface area contributed by atoms with Crippen molar-refractivity contribution in [2.45, 2.75) is 32.0 Å². The van der Waals surface area contributed by atoms with Crippen molar-refractivity contribution < 1.29 is 13.2 Å². The predicted molar refractivity (Wildman–Crippen MR) is 59.9 cm³/mol. The van der Waals surface area contributed by atoms with Gasteiger partial charge in [0.25, 0.3) is 0 Å². The van der Waals surface area contributed by atoms with E-state index in [9.17, 15) is 13.2 Å². The van der Waals surface area contributed by atoms with E-state index in [1.807, 2.05) is 0 Å². The van der Waals surface area contributed by atoms with Crippen molar-refractivity contribution in [2.75, 3.05) is 0 Å². The second-order valence-corrected chi connectivity index (χ2v) is 4.45. The Labute approximate surface area is 96.8 Å². The van der Waals surface area contributed by atoms with Crippen molar-refractivity contribution in [2.24, 2.45) is 0 Å². The third-order valence-corrected chi connectivity index (χ3v) is 3.43. The fraction of sp³-hybridized carbons (Fsp3) is 0.385. The van der Waals surface area contributed by atoms with Crippen molar-refractivity contribution in [3.05, 3.63) is 35.5 Å². The lowest BCUT2D eigenvalue weighted by Crippen LogP contribution is -2.20. The Morgan fingerprint density at radius 3 is 2.47 bits per heavy atom. The molecule has 4 heteroatoms. The first kappa shape index (κ1) is 10.7. The van der Waals surface area contributed by atoms with E-state index in [4.69, 9.17) is 0 Å². The third-order valence-electron chi connectivity index (χ3n) is 3.43. The molecule has 1 aromatic heterocycles. The molecule has 0 radical (unpaired) electrons. The van der Waals surface area contributed by atoms with Gasteiger partial charge in [0.05, 0.1) is 5.52 Å². The molecule has 0 atom stereocenters. The number of para-hydroxylation sites is 1. The maximum Gasteiger partial charge on any atom is 0.489 e. The summed E-state index contributed by atoms with van der Waals surface area (Å²) in [6.45, 7) is 0. The van der Waals surface area contributed by atoms with Crippen molar-refractivity contribution in [1.29, 1.82) is 0 Å². The van der Waals surface area contributed by atoms with Crippen molar-refractivity contribution in [3.63, 3.8) is 0 Å². The topological polar surface area (TPSA) is 4.93 Å². The number of nitrogens with zero attached hydrogens (tertiary/aromatic N) is 1. The quantitative estimate of drug-likeness (QED) is 0.655. The molecule has 1 aliphatic rings. The summed E-state index contributed by atoms with van der Waals surface area (Å²) >= 11 is 0. The summed E-state index contributed by atoms with van der Waals surface area (Å²) in [6, 6.07) is 6.82. The van der Waals surface area contributed by atoms with E-state index in [1.165, 1.54) is 0 Å². The lowest BCUT2D eigenvalue weighted by molar-refractivity contribution is -0.202. The van der Waals surface area contributed by atoms with Crippen LogP contribution in [0, 0.1) is 0 Å². The van der Waals surface area contributed by atoms with Gasteiger partial charge < -0.3 is 0 Å². The molecule has 0 fully saturated rings. The number of aryl methyl sites for hydroxylation is 1. The van der Waals surface area contributed by atoms with Gasteiger partial charge in [0.2, 0.25) is 0 Å². The van der Waals surface area contributed by atoms with E-state index in [1.54, 1.807) is 24.3 Å². The average Bonchev–Trinajstić information content (AvgIpc) is 2.63. The highest BCUT2D eigenvalue weighted by atomic mass is 19.4. The molecule has 17 heavy (non-hydrogen) atoms. The van der Waals surface area contributed by atoms with Gasteiger partial charge in [-0.15, -0.1) is 13.2 Å². The molecule has 0 unspecified atom stereocenters. The van der Waals surface area contributed by atoms with Crippen LogP contribution in [0.15, 0.2) is 24.3 Å². The van der Waals surface area contributed by atoms with E-state index >= 15 is 0 Å². The van der Waals surface area contributed by atoms with Crippen LogP contribution in [0.3, 0.4) is 0 Å². The Morgan fingerprint density at radius 1 is 1.00 bits per heavy atom. The largest absolute Gasteiger partial charge is 0.489 e. The molecule has 1 aromatic carbocycles. The number of rotatable bonds is 0. The minimum atomic E-state index is -4.31. The fourth-order valence-electron chi connectivity index (χ4n) is 2.79. The molecule has 1 heterocycles. The molecule has 0 N–H and O–H groups in total. The van der Waals surface area contributed by atoms with Gasteiger partial charge in [-0.1, -0.05) is 18.2 Å². The highest BCUT2D eigenvalue weighted by Gasteiger charge is 2.36. The lowest BCUT2D eigenvalue weighted by Gasteiger charge is -2.17. The number of fused-ring (bicyclic) bond motifs is 3. The summed E-state index contributed by atoms with van der Waals surface area (Å²) in [7, 11) is 0. The van der Waals surface area contributed by atoms with Crippen molar-refractivity contribution in [3.8, 4) is 0 Å². The van der Waals surface area contributed by atoms with Crippen LogP contribution in [0.2, 0.25) is 0 Å². The highest BCUT2D eigenvalue weighted by Crippen LogP contribution is 2.38. The van der Waals surface area contributed by atoms with E-state index < -0.39 is 6.30 Å². The molecular formula is C13H12F3N. The molecule has 0 spiro atoms. The summed E-state index contributed by atoms with van der Waals surface area (Å²) < 4.78 is 39.9. The van der Waals surface area contributed by atoms with Crippen molar-refractivity contribution in [1.82, 2.24) is 4.57 Å². The smallest absolute Gasteiger partial charge is 0.256 e. The zero-order valence-corrected chi connectivity index (χ0v) is 9.22. The maximum atomic E-state index is 13.1. The Hall–Kier alpha value is -1.45. The molecule has 0 bridgehead atoms. The van der Waals surface area contributed by atoms with E-state index in [-0.39, 0.29) is 0 Å². The van der Waals surface area contributed by atoms with E-state index in [0.29, 0.717) is 22.2 Å². The van der Waals surface area contributed by atoms with Gasteiger partial charge >= 0.3 is 6.30 Å². The van der Waals surface area contributed by atoms with Gasteiger partial charge in [-0.3, -0.25) is 4.57 Å². The number of alkyl halides is 3. The summed E-state index contributed by atoms with van der Waals surface area (Å²) in [4.78, 5) is 0. The Balaban J connectivity index is 2.39. The SMILES string of the molecule is FC(F)(F)n1c2c(c3ccccc31)CCCC2. The minimum absolute atomic E-state index is 0.298. The predicted octanol–water partition coefficient (Wildman–Crippen LogP) is 4.00. The van der Waals surface area contributed by atoms with Crippen LogP contribution in [-0.2, 0) is 19.1 Å². The summed E-state index contributed by atoms with van der Waals surface area (Å²) in [6.07, 6.45) is -1.19. The maximum absolute atomic E-state index is 13.1. The fourth-order valence-corrected chi connectivity index (χ4v) is 2.79. The Kier molecular flexibility index (Phi) is 2.21. The van der Waals surface area contributed by atoms with Crippen LogP contribution in [0.4, 0.5) is 13.2 Å². The van der Waals surface area contributed by atoms with Gasteiger partial charge in [-0.2, -0.15) is 0 Å². The van der Waals surface area contributed by atoms with Gasteiger partial charge in [0, 0.05) is 11.1 Å². The van der Waals surface area contributed by atoms with Crippen LogP contribution in [0.1, 0.15) is 24.1 Å². The molecule has 0 amide bonds. The summed E-state index contributed by atoms with van der Waals surface area (Å²) in [5.41, 5.74) is 1.65. The van der Waals surface area contributed by atoms with Gasteiger partial charge in [-0.05, 0) is 37.3 Å². The molecule has 3 rings (SSSR count). The van der Waals surface area contributed by atoms with Crippen molar-refractivity contribution >= 4 is 10.9 Å². The van der Waals surface area contributed by atoms with E-state index in [2.05, 4.69) is 0 Å². The number of benzene rings is 1. The number of hydrogen-bond acceptors (Lipinski definition) is 0. The molecular weight excluding hydrogens is 227 g/mol. The van der Waals surface area contributed by atoms with Gasteiger partial charge in [0.1, 0.15) is 0 Å². The summed E-state index contributed by atoms with van der Waals surface area (Å²) in [5.74, 6) is 0. The van der Waals surface area contributed by atoms with Gasteiger partial charge in [0.15, 0.2) is 0 Å². The lowest BCUT2D eigenvalue weighted by atomic mass is 9.96. The molecule has 90 valence electrons. The molecule has 0 saturated carbocycles.